The van der Waals surface area contributed by atoms with Crippen LogP contribution in [0.1, 0.15) is 53.9 Å². The third-order valence-electron chi connectivity index (χ3n) is 2.27. The molecule has 0 aromatic rings. The van der Waals surface area contributed by atoms with Gasteiger partial charge in [-0.2, -0.15) is 0 Å². The predicted molar refractivity (Wildman–Crippen MR) is 61.5 cm³/mol. The summed E-state index contributed by atoms with van der Waals surface area (Å²) >= 11 is 0. The standard InChI is InChI=1S/C11H24Si/c1-6-7-8-9-12(10(2)3)11(4)5/h9-11H,6-8H2,1-5H3. The van der Waals surface area contributed by atoms with E-state index in [2.05, 4.69) is 40.3 Å². The molecule has 0 aromatic carbocycles. The van der Waals surface area contributed by atoms with Crippen molar-refractivity contribution in [1.29, 1.82) is 0 Å². The number of hydrogen-bond donors (Lipinski definition) is 0. The first-order valence-electron chi connectivity index (χ1n) is 5.29. The van der Waals surface area contributed by atoms with Crippen molar-refractivity contribution in [3.05, 3.63) is 0 Å². The van der Waals surface area contributed by atoms with E-state index in [1.54, 1.807) is 0 Å². The molecule has 0 aliphatic carbocycles. The van der Waals surface area contributed by atoms with E-state index in [0.717, 1.165) is 11.1 Å². The zero-order valence-corrected chi connectivity index (χ0v) is 10.4. The molecule has 0 spiro atoms. The van der Waals surface area contributed by atoms with Gasteiger partial charge in [-0.05, 0) is 17.5 Å². The highest BCUT2D eigenvalue weighted by molar-refractivity contribution is 6.68. The smallest absolute Gasteiger partial charge is 0.0108 e. The van der Waals surface area contributed by atoms with Crippen LogP contribution in [-0.4, -0.2) is 14.1 Å². The van der Waals surface area contributed by atoms with Gasteiger partial charge in [0.25, 0.3) is 0 Å². The molecule has 72 valence electrons. The van der Waals surface area contributed by atoms with Crippen molar-refractivity contribution in [3.63, 3.8) is 0 Å². The maximum Gasteiger partial charge on any atom is 0.0108 e. The van der Waals surface area contributed by atoms with Crippen LogP contribution in [0.5, 0.6) is 0 Å². The quantitative estimate of drug-likeness (QED) is 0.449. The summed E-state index contributed by atoms with van der Waals surface area (Å²) in [5.74, 6) is 0. The molecule has 0 saturated heterocycles. The van der Waals surface area contributed by atoms with Gasteiger partial charge in [-0.3, -0.25) is 0 Å². The third kappa shape index (κ3) is 4.86. The minimum Gasteiger partial charge on any atom is -0.103 e. The monoisotopic (exact) mass is 184 g/mol. The summed E-state index contributed by atoms with van der Waals surface area (Å²) in [6.07, 6.45) is 4.07. The summed E-state index contributed by atoms with van der Waals surface area (Å²) < 4.78 is 0. The summed E-state index contributed by atoms with van der Waals surface area (Å²) in [7, 11) is -0.176. The van der Waals surface area contributed by atoms with E-state index in [1.165, 1.54) is 19.3 Å². The van der Waals surface area contributed by atoms with E-state index >= 15 is 0 Å². The summed E-state index contributed by atoms with van der Waals surface area (Å²) in [5.41, 5.74) is 4.45. The molecule has 0 fully saturated rings. The van der Waals surface area contributed by atoms with E-state index < -0.39 is 0 Å². The van der Waals surface area contributed by atoms with Gasteiger partial charge in [-0.1, -0.05) is 47.5 Å². The van der Waals surface area contributed by atoms with Crippen molar-refractivity contribution < 1.29 is 0 Å². The van der Waals surface area contributed by atoms with Crippen molar-refractivity contribution in [2.75, 3.05) is 0 Å². The minimum absolute atomic E-state index is 0.176. The average molecular weight is 184 g/mol. The molecule has 0 nitrogen and oxygen atoms in total. The molecule has 0 rings (SSSR count). The molecule has 0 N–H and O–H groups in total. The van der Waals surface area contributed by atoms with Gasteiger partial charge >= 0.3 is 0 Å². The topological polar surface area (TPSA) is 0 Å². The highest BCUT2D eigenvalue weighted by atomic mass is 28.2. The van der Waals surface area contributed by atoms with Gasteiger partial charge in [-0.15, -0.1) is 5.67 Å². The molecule has 12 heavy (non-hydrogen) atoms. The Morgan fingerprint density at radius 3 is 1.92 bits per heavy atom. The zero-order valence-electron chi connectivity index (χ0n) is 9.35. The molecule has 0 aliphatic rings. The van der Waals surface area contributed by atoms with Gasteiger partial charge in [0, 0.05) is 8.41 Å². The summed E-state index contributed by atoms with van der Waals surface area (Å²) in [6, 6.07) is 0. The first-order chi connectivity index (χ1) is 5.59. The number of unbranched alkanes of at least 4 members (excludes halogenated alkanes) is 2. The first kappa shape index (κ1) is 12.1. The van der Waals surface area contributed by atoms with Crippen LogP contribution in [0.4, 0.5) is 0 Å². The van der Waals surface area contributed by atoms with E-state index in [-0.39, 0.29) is 8.41 Å². The van der Waals surface area contributed by atoms with Crippen LogP contribution in [0.15, 0.2) is 0 Å². The lowest BCUT2D eigenvalue weighted by atomic mass is 10.3. The molecule has 0 aliphatic heterocycles. The molecule has 0 radical (unpaired) electrons. The average Bonchev–Trinajstić information content (AvgIpc) is 1.96. The lowest BCUT2D eigenvalue weighted by Crippen LogP contribution is -2.13. The van der Waals surface area contributed by atoms with E-state index in [4.69, 9.17) is 0 Å². The Morgan fingerprint density at radius 1 is 1.08 bits per heavy atom. The second-order valence-electron chi connectivity index (χ2n) is 4.16. The van der Waals surface area contributed by atoms with Crippen LogP contribution < -0.4 is 0 Å². The second kappa shape index (κ2) is 6.59. The van der Waals surface area contributed by atoms with Gasteiger partial charge in [0.05, 0.1) is 0 Å². The SMILES string of the molecule is CCCCC=[Si](C(C)C)C(C)C. The van der Waals surface area contributed by atoms with E-state index in [1.807, 2.05) is 0 Å². The number of hydrogen-bond acceptors (Lipinski definition) is 0. The van der Waals surface area contributed by atoms with Crippen LogP contribution in [0.25, 0.3) is 0 Å². The predicted octanol–water partition coefficient (Wildman–Crippen LogP) is 3.88. The highest BCUT2D eigenvalue weighted by Gasteiger charge is 2.07. The Labute approximate surface area is 79.6 Å². The van der Waals surface area contributed by atoms with Crippen LogP contribution in [0, 0.1) is 0 Å². The van der Waals surface area contributed by atoms with E-state index in [9.17, 15) is 0 Å². The fourth-order valence-electron chi connectivity index (χ4n) is 1.61. The Bertz CT molecular complexity index is 124. The van der Waals surface area contributed by atoms with Crippen LogP contribution in [0.3, 0.4) is 0 Å². The summed E-state index contributed by atoms with van der Waals surface area (Å²) in [6.45, 7) is 11.8. The minimum atomic E-state index is -0.176. The Morgan fingerprint density at radius 2 is 1.58 bits per heavy atom. The Kier molecular flexibility index (Phi) is 6.63. The first-order valence-corrected chi connectivity index (χ1v) is 7.02. The normalized spacial score (nSPS) is 10.9. The van der Waals surface area contributed by atoms with Crippen molar-refractivity contribution in [3.8, 4) is 0 Å². The maximum absolute atomic E-state index is 2.63. The molecule has 0 bridgehead atoms. The molecular formula is C11H24Si. The molecule has 1 heteroatoms. The van der Waals surface area contributed by atoms with E-state index in [0.29, 0.717) is 0 Å². The van der Waals surface area contributed by atoms with Crippen molar-refractivity contribution in [2.24, 2.45) is 0 Å². The van der Waals surface area contributed by atoms with Crippen molar-refractivity contribution in [2.45, 2.75) is 65.0 Å². The second-order valence-corrected chi connectivity index (χ2v) is 7.87. The van der Waals surface area contributed by atoms with Gasteiger partial charge in [0.15, 0.2) is 0 Å². The van der Waals surface area contributed by atoms with Gasteiger partial charge in [-0.25, -0.2) is 0 Å². The molecule has 0 saturated carbocycles. The van der Waals surface area contributed by atoms with Crippen molar-refractivity contribution >= 4 is 14.1 Å². The van der Waals surface area contributed by atoms with Crippen LogP contribution >= 0.6 is 0 Å². The maximum atomic E-state index is 2.63. The lowest BCUT2D eigenvalue weighted by molar-refractivity contribution is 0.844. The fraction of sp³-hybridized carbons (Fsp3) is 0.909. The molecule has 0 heterocycles. The molecule has 0 unspecified atom stereocenters. The highest BCUT2D eigenvalue weighted by Crippen LogP contribution is 2.14. The fourth-order valence-corrected chi connectivity index (χ4v) is 4.42. The van der Waals surface area contributed by atoms with Gasteiger partial charge in [0.1, 0.15) is 0 Å². The van der Waals surface area contributed by atoms with Crippen molar-refractivity contribution in [1.82, 2.24) is 0 Å². The molecular weight excluding hydrogens is 160 g/mol. The summed E-state index contributed by atoms with van der Waals surface area (Å²) in [5, 5.41) is 0. The Hall–Kier alpha value is 0.0869. The van der Waals surface area contributed by atoms with Crippen LogP contribution in [-0.2, 0) is 0 Å². The van der Waals surface area contributed by atoms with Gasteiger partial charge in [0.2, 0.25) is 0 Å². The molecule has 0 amide bonds. The Balaban J connectivity index is 4.00. The number of rotatable bonds is 5. The largest absolute Gasteiger partial charge is 0.103 e. The molecule has 0 atom stereocenters. The molecule has 0 aromatic heterocycles. The third-order valence-corrected chi connectivity index (χ3v) is 5.70. The van der Waals surface area contributed by atoms with Crippen LogP contribution in [0.2, 0.25) is 11.1 Å². The zero-order chi connectivity index (χ0) is 9.56. The summed E-state index contributed by atoms with van der Waals surface area (Å²) in [4.78, 5) is 0. The lowest BCUT2D eigenvalue weighted by Gasteiger charge is -2.13. The van der Waals surface area contributed by atoms with Gasteiger partial charge < -0.3 is 0 Å².